The minimum absolute atomic E-state index is 0.165. The summed E-state index contributed by atoms with van der Waals surface area (Å²) in [7, 11) is 0. The Hall–Kier alpha value is -1.98. The van der Waals surface area contributed by atoms with Gasteiger partial charge in [-0.1, -0.05) is 178 Å². The number of carbonyl (C=O) groups excluding carboxylic acids is 4. The average Bonchev–Trinajstić information content (AvgIpc) is 2.63. The molecule has 552 valence electrons. The zero-order valence-electron chi connectivity index (χ0n) is 67.1. The maximum atomic E-state index is 11.8. The molecule has 8 atom stereocenters. The van der Waals surface area contributed by atoms with Gasteiger partial charge in [-0.2, -0.15) is 0 Å². The fourth-order valence-corrected chi connectivity index (χ4v) is 13.1. The van der Waals surface area contributed by atoms with Crippen molar-refractivity contribution in [2.75, 3.05) is 32.7 Å². The van der Waals surface area contributed by atoms with Gasteiger partial charge in [0.05, 0.1) is 0 Å². The second kappa shape index (κ2) is 51.2. The molecule has 93 heavy (non-hydrogen) atoms. The van der Waals surface area contributed by atoms with Crippen LogP contribution in [0.2, 0.25) is 0 Å². The van der Waals surface area contributed by atoms with Crippen molar-refractivity contribution in [3.63, 3.8) is 0 Å². The summed E-state index contributed by atoms with van der Waals surface area (Å²) in [6, 6.07) is 10.0. The summed E-state index contributed by atoms with van der Waals surface area (Å²) >= 11 is 0. The minimum Gasteiger partial charge on any atom is -0.314 e. The van der Waals surface area contributed by atoms with Crippen LogP contribution in [0, 0.1) is 29.6 Å². The lowest BCUT2D eigenvalue weighted by Crippen LogP contribution is -2.39. The third kappa shape index (κ3) is 46.1. The molecule has 0 unspecified atom stereocenters. The topological polar surface area (TPSA) is 162 Å². The number of nitrogens with one attached hydrogen (secondary N) is 7. The zero-order chi connectivity index (χ0) is 72.0. The molecule has 3 fully saturated rings. The van der Waals surface area contributed by atoms with Gasteiger partial charge in [-0.3, -0.25) is 33.9 Å². The maximum absolute atomic E-state index is 11.8. The molecule has 0 spiro atoms. The molecular formula is C79H162N10O4. The van der Waals surface area contributed by atoms with Crippen LogP contribution in [-0.2, 0) is 19.2 Å². The summed E-state index contributed by atoms with van der Waals surface area (Å²) < 4.78 is 0. The van der Waals surface area contributed by atoms with Crippen molar-refractivity contribution in [1.82, 2.24) is 51.9 Å². The molecule has 14 heteroatoms. The fourth-order valence-electron chi connectivity index (χ4n) is 13.1. The van der Waals surface area contributed by atoms with E-state index in [4.69, 9.17) is 0 Å². The van der Waals surface area contributed by atoms with Crippen LogP contribution in [0.5, 0.6) is 0 Å². The number of rotatable bonds is 41. The highest BCUT2D eigenvalue weighted by Crippen LogP contribution is 2.29. The van der Waals surface area contributed by atoms with Gasteiger partial charge in [-0.15, -0.1) is 0 Å². The summed E-state index contributed by atoms with van der Waals surface area (Å²) in [5, 5.41) is 25.0. The van der Waals surface area contributed by atoms with Crippen molar-refractivity contribution in [2.45, 2.75) is 413 Å². The first-order valence-corrected chi connectivity index (χ1v) is 38.4. The highest BCUT2D eigenvalue weighted by atomic mass is 16.1. The first kappa shape index (κ1) is 93.1. The normalized spacial score (nSPS) is 20.5. The average molecular weight is 1320 g/mol. The third-order valence-corrected chi connectivity index (χ3v) is 18.4. The van der Waals surface area contributed by atoms with Crippen LogP contribution in [0.15, 0.2) is 12.2 Å². The monoisotopic (exact) mass is 1320 g/mol. The zero-order valence-corrected chi connectivity index (χ0v) is 67.1. The first-order valence-electron chi connectivity index (χ1n) is 38.4. The van der Waals surface area contributed by atoms with E-state index in [0.29, 0.717) is 145 Å². The van der Waals surface area contributed by atoms with E-state index in [2.05, 4.69) is 211 Å². The van der Waals surface area contributed by atoms with Crippen molar-refractivity contribution in [3.05, 3.63) is 12.2 Å². The Balaban J connectivity index is 0. The molecular weight excluding hydrogens is 1150 g/mol. The second-order valence-electron chi connectivity index (χ2n) is 32.9. The molecule has 3 saturated heterocycles. The van der Waals surface area contributed by atoms with Crippen molar-refractivity contribution in [2.24, 2.45) is 29.6 Å². The highest BCUT2D eigenvalue weighted by Gasteiger charge is 2.36. The summed E-state index contributed by atoms with van der Waals surface area (Å²) in [5.74, 6) is 2.88. The standard InChI is InChI=1S/C17H34N2.2C16H32N2O.2C15H32N2O/c1-12(2)15(7)8-9-17-10-16(18-13(3)4)11-19(17)14(5)6;2*1-11(2)16(19)8-7-15-9-14(17-12(3)4)10-18(15)13(5)6;2*1-11(2)15(18)8-7-14(17-13(5)6)9-10-16-12(3)4/h12-14,16-18H,7-11H2,1-6H3;2*11-15,17H,7-10H2,1-6H3;2*11-14,16-17H,7-10H2,1-6H3/t16-,17-;2*14-,15+;2*14-/m01010/s1. The predicted molar refractivity (Wildman–Crippen MR) is 406 cm³/mol. The van der Waals surface area contributed by atoms with Gasteiger partial charge in [0.25, 0.3) is 0 Å². The lowest BCUT2D eigenvalue weighted by atomic mass is 9.96. The number of hydrogen-bond donors (Lipinski definition) is 7. The van der Waals surface area contributed by atoms with Gasteiger partial charge >= 0.3 is 0 Å². The first-order chi connectivity index (χ1) is 43.1. The van der Waals surface area contributed by atoms with Gasteiger partial charge in [-0.25, -0.2) is 0 Å². The molecule has 14 nitrogen and oxygen atoms in total. The number of carbonyl (C=O) groups is 4. The summed E-state index contributed by atoms with van der Waals surface area (Å²) in [6.07, 6.45) is 15.1. The van der Waals surface area contributed by atoms with Crippen LogP contribution in [-0.4, -0.2) is 179 Å². The van der Waals surface area contributed by atoms with Crippen LogP contribution in [0.1, 0.15) is 304 Å². The van der Waals surface area contributed by atoms with Crippen LogP contribution in [0.25, 0.3) is 0 Å². The molecule has 0 bridgehead atoms. The summed E-state index contributed by atoms with van der Waals surface area (Å²) in [4.78, 5) is 54.7. The predicted octanol–water partition coefficient (Wildman–Crippen LogP) is 15.0. The van der Waals surface area contributed by atoms with E-state index in [0.717, 1.165) is 83.6 Å². The van der Waals surface area contributed by atoms with Crippen molar-refractivity contribution in [1.29, 1.82) is 0 Å². The van der Waals surface area contributed by atoms with Gasteiger partial charge in [0, 0.05) is 178 Å². The molecule has 0 saturated carbocycles. The van der Waals surface area contributed by atoms with Gasteiger partial charge in [0.15, 0.2) is 0 Å². The van der Waals surface area contributed by atoms with Crippen LogP contribution in [0.4, 0.5) is 0 Å². The molecule has 0 aromatic heterocycles. The van der Waals surface area contributed by atoms with E-state index in [1.165, 1.54) is 44.2 Å². The SMILES string of the molecule is C=C(CC[C@H]1C[C@H](NC(C)C)CN1C(C)C)C(C)C.CC(C)NCC[C@@H](CCC(=O)C(C)C)NC(C)C.CC(C)NCC[C@H](CCC(=O)C(C)C)NC(C)C.CC(C)N[C@@H]1C[C@H](CCC(=O)C(C)C)N(C(C)C)C1.CC(C)N[C@H]1C[C@@H](CCC(=O)C(C)C)N(C(C)C)C1. The van der Waals surface area contributed by atoms with Crippen LogP contribution >= 0.6 is 0 Å². The molecule has 3 heterocycles. The Morgan fingerprint density at radius 1 is 0.333 bits per heavy atom. The van der Waals surface area contributed by atoms with Gasteiger partial charge < -0.3 is 37.2 Å². The highest BCUT2D eigenvalue weighted by molar-refractivity contribution is 5.81. The minimum atomic E-state index is 0.165. The number of nitrogens with zero attached hydrogens (tertiary/aromatic N) is 3. The van der Waals surface area contributed by atoms with Crippen molar-refractivity contribution in [3.8, 4) is 0 Å². The summed E-state index contributed by atoms with van der Waals surface area (Å²) in [5.41, 5.74) is 1.41. The molecule has 7 N–H and O–H groups in total. The number of ketones is 4. The Morgan fingerprint density at radius 3 is 0.806 bits per heavy atom. The molecule has 3 aliphatic rings. The van der Waals surface area contributed by atoms with E-state index < -0.39 is 0 Å². The van der Waals surface area contributed by atoms with Gasteiger partial charge in [0.2, 0.25) is 0 Å². The maximum Gasteiger partial charge on any atom is 0.135 e. The van der Waals surface area contributed by atoms with E-state index in [9.17, 15) is 19.2 Å². The molecule has 3 rings (SSSR count). The Labute approximate surface area is 578 Å². The number of hydrogen-bond acceptors (Lipinski definition) is 14. The van der Waals surface area contributed by atoms with Gasteiger partial charge in [-0.05, 0) is 131 Å². The number of Topliss-reactive ketones (excluding diaryl/α,β-unsaturated/α-hetero) is 4. The molecule has 0 aromatic carbocycles. The Kier molecular flexibility index (Phi) is 51.3. The second-order valence-corrected chi connectivity index (χ2v) is 32.9. The van der Waals surface area contributed by atoms with Crippen molar-refractivity contribution >= 4 is 23.1 Å². The fraction of sp³-hybridized carbons (Fsp3) is 0.924. The molecule has 0 radical (unpaired) electrons. The molecule has 0 amide bonds. The summed E-state index contributed by atoms with van der Waals surface area (Å²) in [6.45, 7) is 74.4. The van der Waals surface area contributed by atoms with E-state index in [-0.39, 0.29) is 23.7 Å². The van der Waals surface area contributed by atoms with E-state index in [1.54, 1.807) is 0 Å². The number of allylic oxidation sites excluding steroid dienone is 1. The third-order valence-electron chi connectivity index (χ3n) is 18.4. The van der Waals surface area contributed by atoms with E-state index >= 15 is 0 Å². The lowest BCUT2D eigenvalue weighted by Gasteiger charge is -2.28. The van der Waals surface area contributed by atoms with Gasteiger partial charge in [0.1, 0.15) is 23.1 Å². The Bertz CT molecular complexity index is 1740. The lowest BCUT2D eigenvalue weighted by molar-refractivity contribution is -0.123. The van der Waals surface area contributed by atoms with Crippen molar-refractivity contribution < 1.29 is 19.2 Å². The Morgan fingerprint density at radius 2 is 0.591 bits per heavy atom. The van der Waals surface area contributed by atoms with E-state index in [1.807, 2.05) is 55.4 Å². The molecule has 0 aliphatic carbocycles. The van der Waals surface area contributed by atoms with Crippen LogP contribution in [0.3, 0.4) is 0 Å². The van der Waals surface area contributed by atoms with Crippen LogP contribution < -0.4 is 37.2 Å². The quantitative estimate of drug-likeness (QED) is 0.0290. The smallest absolute Gasteiger partial charge is 0.135 e. The molecule has 3 aliphatic heterocycles. The molecule has 0 aromatic rings. The largest absolute Gasteiger partial charge is 0.314 e. The number of likely N-dealkylation sites (tertiary alicyclic amines) is 3.